The molecule has 0 saturated heterocycles. The van der Waals surface area contributed by atoms with Gasteiger partial charge < -0.3 is 15.4 Å². The van der Waals surface area contributed by atoms with Crippen LogP contribution in [0.5, 0.6) is 5.75 Å². The summed E-state index contributed by atoms with van der Waals surface area (Å²) in [6.45, 7) is 4.06. The van der Waals surface area contributed by atoms with Crippen molar-refractivity contribution < 1.29 is 9.53 Å². The number of aryl methyl sites for hydroxylation is 2. The molecular formula is C22H23N3O2. The zero-order valence-electron chi connectivity index (χ0n) is 15.7. The first-order valence-corrected chi connectivity index (χ1v) is 8.87. The predicted octanol–water partition coefficient (Wildman–Crippen LogP) is 4.96. The summed E-state index contributed by atoms with van der Waals surface area (Å²) in [5.41, 5.74) is 5.01. The first kappa shape index (κ1) is 18.5. The van der Waals surface area contributed by atoms with Crippen LogP contribution in [0.3, 0.4) is 0 Å². The molecule has 0 bridgehead atoms. The Hall–Kier alpha value is -3.34. The fourth-order valence-corrected chi connectivity index (χ4v) is 2.88. The Morgan fingerprint density at radius 2 is 1.85 bits per heavy atom. The van der Waals surface area contributed by atoms with Gasteiger partial charge in [-0.15, -0.1) is 0 Å². The molecule has 5 nitrogen and oxygen atoms in total. The molecule has 138 valence electrons. The molecule has 5 heteroatoms. The van der Waals surface area contributed by atoms with Crippen molar-refractivity contribution in [2.75, 3.05) is 17.7 Å². The van der Waals surface area contributed by atoms with Crippen molar-refractivity contribution >= 4 is 23.0 Å². The zero-order valence-corrected chi connectivity index (χ0v) is 15.7. The maximum atomic E-state index is 12.7. The van der Waals surface area contributed by atoms with E-state index in [0.29, 0.717) is 5.69 Å². The van der Waals surface area contributed by atoms with E-state index in [2.05, 4.69) is 22.5 Å². The summed E-state index contributed by atoms with van der Waals surface area (Å²) in [4.78, 5) is 16.9. The number of benzene rings is 2. The van der Waals surface area contributed by atoms with E-state index in [9.17, 15) is 4.79 Å². The molecule has 1 amide bonds. The van der Waals surface area contributed by atoms with Crippen molar-refractivity contribution in [2.45, 2.75) is 20.3 Å². The third-order valence-electron chi connectivity index (χ3n) is 4.33. The topological polar surface area (TPSA) is 63.2 Å². The molecule has 0 aliphatic rings. The monoisotopic (exact) mass is 361 g/mol. The van der Waals surface area contributed by atoms with Crippen LogP contribution in [0.1, 0.15) is 28.5 Å². The van der Waals surface area contributed by atoms with Crippen molar-refractivity contribution in [1.29, 1.82) is 0 Å². The lowest BCUT2D eigenvalue weighted by atomic mass is 10.1. The Balaban J connectivity index is 1.80. The number of anilines is 3. The molecule has 27 heavy (non-hydrogen) atoms. The molecule has 0 unspecified atom stereocenters. The van der Waals surface area contributed by atoms with E-state index >= 15 is 0 Å². The van der Waals surface area contributed by atoms with Gasteiger partial charge in [0.05, 0.1) is 7.11 Å². The Morgan fingerprint density at radius 1 is 1.07 bits per heavy atom. The van der Waals surface area contributed by atoms with Gasteiger partial charge in [-0.1, -0.05) is 31.2 Å². The van der Waals surface area contributed by atoms with Crippen LogP contribution in [0, 0.1) is 6.92 Å². The molecule has 1 heterocycles. The SMILES string of the molecule is CCc1cccc(C)c1NC(=O)c1cc(Nc2cccc(OC)c2)ccn1. The lowest BCUT2D eigenvalue weighted by Gasteiger charge is -2.13. The summed E-state index contributed by atoms with van der Waals surface area (Å²) in [6, 6.07) is 17.2. The lowest BCUT2D eigenvalue weighted by molar-refractivity contribution is 0.102. The standard InChI is InChI=1S/C22H23N3O2/c1-4-16-8-5-7-15(2)21(16)25-22(26)20-14-18(11-12-23-20)24-17-9-6-10-19(13-17)27-3/h5-14H,4H2,1-3H3,(H,23,24)(H,25,26). The van der Waals surface area contributed by atoms with E-state index < -0.39 is 0 Å². The third-order valence-corrected chi connectivity index (χ3v) is 4.33. The molecule has 2 aromatic carbocycles. The fourth-order valence-electron chi connectivity index (χ4n) is 2.88. The molecule has 0 aliphatic heterocycles. The Labute approximate surface area is 159 Å². The molecule has 0 fully saturated rings. The van der Waals surface area contributed by atoms with Crippen LogP contribution >= 0.6 is 0 Å². The number of carbonyl (C=O) groups excluding carboxylic acids is 1. The highest BCUT2D eigenvalue weighted by Gasteiger charge is 2.12. The van der Waals surface area contributed by atoms with Gasteiger partial charge in [0.2, 0.25) is 0 Å². The maximum absolute atomic E-state index is 12.7. The quantitative estimate of drug-likeness (QED) is 0.651. The number of hydrogen-bond acceptors (Lipinski definition) is 4. The van der Waals surface area contributed by atoms with Gasteiger partial charge in [0, 0.05) is 29.3 Å². The number of nitrogens with one attached hydrogen (secondary N) is 2. The lowest BCUT2D eigenvalue weighted by Crippen LogP contribution is -2.16. The van der Waals surface area contributed by atoms with Crippen LogP contribution in [-0.2, 0) is 6.42 Å². The summed E-state index contributed by atoms with van der Waals surface area (Å²) < 4.78 is 5.24. The smallest absolute Gasteiger partial charge is 0.274 e. The molecule has 1 aromatic heterocycles. The van der Waals surface area contributed by atoms with Crippen LogP contribution < -0.4 is 15.4 Å². The molecule has 2 N–H and O–H groups in total. The number of rotatable bonds is 6. The minimum absolute atomic E-state index is 0.228. The number of para-hydroxylation sites is 1. The summed E-state index contributed by atoms with van der Waals surface area (Å²) >= 11 is 0. The summed E-state index contributed by atoms with van der Waals surface area (Å²) in [5.74, 6) is 0.534. The average Bonchev–Trinajstić information content (AvgIpc) is 2.69. The number of amides is 1. The summed E-state index contributed by atoms with van der Waals surface area (Å²) in [7, 11) is 1.63. The second-order valence-corrected chi connectivity index (χ2v) is 6.20. The number of aromatic nitrogens is 1. The second kappa shape index (κ2) is 8.36. The molecular weight excluding hydrogens is 338 g/mol. The van der Waals surface area contributed by atoms with E-state index in [1.54, 1.807) is 19.4 Å². The van der Waals surface area contributed by atoms with Crippen molar-refractivity contribution in [3.05, 3.63) is 77.6 Å². The molecule has 3 rings (SSSR count). The Morgan fingerprint density at radius 3 is 2.63 bits per heavy atom. The zero-order chi connectivity index (χ0) is 19.2. The Kier molecular flexibility index (Phi) is 5.71. The van der Waals surface area contributed by atoms with Gasteiger partial charge in [0.1, 0.15) is 11.4 Å². The number of nitrogens with zero attached hydrogens (tertiary/aromatic N) is 1. The number of hydrogen-bond donors (Lipinski definition) is 2. The van der Waals surface area contributed by atoms with E-state index in [1.807, 2.05) is 55.5 Å². The van der Waals surface area contributed by atoms with Gasteiger partial charge in [-0.05, 0) is 48.7 Å². The van der Waals surface area contributed by atoms with Gasteiger partial charge in [-0.25, -0.2) is 0 Å². The van der Waals surface area contributed by atoms with E-state index in [-0.39, 0.29) is 5.91 Å². The normalized spacial score (nSPS) is 10.3. The predicted molar refractivity (Wildman–Crippen MR) is 109 cm³/mol. The summed E-state index contributed by atoms with van der Waals surface area (Å²) in [5, 5.41) is 6.28. The number of ether oxygens (including phenoxy) is 1. The largest absolute Gasteiger partial charge is 0.497 e. The minimum atomic E-state index is -0.228. The second-order valence-electron chi connectivity index (χ2n) is 6.20. The first-order valence-electron chi connectivity index (χ1n) is 8.87. The van der Waals surface area contributed by atoms with Crippen molar-refractivity contribution in [1.82, 2.24) is 4.98 Å². The van der Waals surface area contributed by atoms with Crippen molar-refractivity contribution in [3.8, 4) is 5.75 Å². The van der Waals surface area contributed by atoms with Crippen LogP contribution in [0.2, 0.25) is 0 Å². The van der Waals surface area contributed by atoms with E-state index in [0.717, 1.165) is 40.4 Å². The Bertz CT molecular complexity index is 954. The van der Waals surface area contributed by atoms with Gasteiger partial charge in [-0.3, -0.25) is 9.78 Å². The summed E-state index contributed by atoms with van der Waals surface area (Å²) in [6.07, 6.45) is 2.47. The van der Waals surface area contributed by atoms with Gasteiger partial charge >= 0.3 is 0 Å². The van der Waals surface area contributed by atoms with Gasteiger partial charge in [-0.2, -0.15) is 0 Å². The van der Waals surface area contributed by atoms with E-state index in [4.69, 9.17) is 4.74 Å². The molecule has 0 atom stereocenters. The average molecular weight is 361 g/mol. The molecule has 3 aromatic rings. The number of pyridine rings is 1. The number of methoxy groups -OCH3 is 1. The van der Waals surface area contributed by atoms with E-state index in [1.165, 1.54) is 0 Å². The van der Waals surface area contributed by atoms with Gasteiger partial charge in [0.15, 0.2) is 0 Å². The highest BCUT2D eigenvalue weighted by atomic mass is 16.5. The van der Waals surface area contributed by atoms with Crippen molar-refractivity contribution in [2.24, 2.45) is 0 Å². The fraction of sp³-hybridized carbons (Fsp3) is 0.182. The third kappa shape index (κ3) is 4.44. The van der Waals surface area contributed by atoms with Crippen LogP contribution in [-0.4, -0.2) is 18.0 Å². The molecule has 0 aliphatic carbocycles. The highest BCUT2D eigenvalue weighted by molar-refractivity contribution is 6.04. The molecule has 0 spiro atoms. The van der Waals surface area contributed by atoms with Gasteiger partial charge in [0.25, 0.3) is 5.91 Å². The van der Waals surface area contributed by atoms with Crippen molar-refractivity contribution in [3.63, 3.8) is 0 Å². The number of carbonyl (C=O) groups is 1. The van der Waals surface area contributed by atoms with Crippen LogP contribution in [0.15, 0.2) is 60.8 Å². The minimum Gasteiger partial charge on any atom is -0.497 e. The highest BCUT2D eigenvalue weighted by Crippen LogP contribution is 2.23. The maximum Gasteiger partial charge on any atom is 0.274 e. The first-order chi connectivity index (χ1) is 13.1. The molecule has 0 saturated carbocycles. The molecule has 0 radical (unpaired) electrons. The van der Waals surface area contributed by atoms with Crippen LogP contribution in [0.25, 0.3) is 0 Å². The van der Waals surface area contributed by atoms with Crippen LogP contribution in [0.4, 0.5) is 17.1 Å².